The first-order chi connectivity index (χ1) is 12.3. The third kappa shape index (κ3) is 3.79. The fourth-order valence-corrected chi connectivity index (χ4v) is 4.04. The van der Waals surface area contributed by atoms with Gasteiger partial charge in [-0.25, -0.2) is 4.98 Å². The molecule has 2 aromatic rings. The molecule has 0 amide bonds. The van der Waals surface area contributed by atoms with E-state index in [1.807, 2.05) is 0 Å². The molecule has 0 spiro atoms. The molecule has 26 heavy (non-hydrogen) atoms. The quantitative estimate of drug-likeness (QED) is 0.762. The lowest BCUT2D eigenvalue weighted by molar-refractivity contribution is 0.0394. The van der Waals surface area contributed by atoms with Crippen LogP contribution in [0.3, 0.4) is 0 Å². The van der Waals surface area contributed by atoms with E-state index in [1.165, 1.54) is 0 Å². The number of benzene rings is 1. The molecule has 0 saturated carbocycles. The Bertz CT molecular complexity index is 861. The number of morpholine rings is 1. The number of ether oxygens (including phenoxy) is 1. The van der Waals surface area contributed by atoms with Gasteiger partial charge in [-0.3, -0.25) is 4.79 Å². The van der Waals surface area contributed by atoms with E-state index >= 15 is 0 Å². The average molecular weight is 369 g/mol. The van der Waals surface area contributed by atoms with Crippen LogP contribution in [0.2, 0.25) is 0 Å². The Morgan fingerprint density at radius 2 is 2.19 bits per heavy atom. The van der Waals surface area contributed by atoms with Crippen LogP contribution in [0.5, 0.6) is 0 Å². The Labute approximate surface area is 158 Å². The number of hydrogen-bond acceptors (Lipinski definition) is 6. The maximum absolute atomic E-state index is 12.0. The number of nitriles is 1. The Hall–Kier alpha value is -2.23. The molecule has 5 nitrogen and oxygen atoms in total. The number of anilines is 1. The summed E-state index contributed by atoms with van der Waals surface area (Å²) in [6.07, 6.45) is -0.129. The summed E-state index contributed by atoms with van der Waals surface area (Å²) in [4.78, 5) is 18.9. The normalized spacial score (nSPS) is 17.8. The smallest absolute Gasteiger partial charge is 0.161 e. The number of ketones is 1. The first-order valence-corrected chi connectivity index (χ1v) is 9.55. The molecule has 1 aromatic heterocycles. The maximum Gasteiger partial charge on any atom is 0.161 e. The lowest BCUT2D eigenvalue weighted by Gasteiger charge is -2.34. The van der Waals surface area contributed by atoms with E-state index in [-0.39, 0.29) is 17.3 Å². The van der Waals surface area contributed by atoms with E-state index in [2.05, 4.69) is 37.1 Å². The second kappa shape index (κ2) is 7.18. The molecule has 0 N–H and O–H groups in total. The van der Waals surface area contributed by atoms with Gasteiger partial charge in [-0.15, -0.1) is 11.3 Å². The van der Waals surface area contributed by atoms with Gasteiger partial charge in [-0.1, -0.05) is 20.8 Å². The zero-order valence-corrected chi connectivity index (χ0v) is 16.4. The van der Waals surface area contributed by atoms with Crippen LogP contribution in [0.4, 0.5) is 5.69 Å². The number of aromatic nitrogens is 1. The van der Waals surface area contributed by atoms with Crippen molar-refractivity contribution in [1.82, 2.24) is 4.98 Å². The van der Waals surface area contributed by atoms with Crippen LogP contribution >= 0.6 is 11.3 Å². The minimum atomic E-state index is -0.129. The number of carbonyl (C=O) groups excluding carboxylic acids is 1. The first kappa shape index (κ1) is 18.6. The van der Waals surface area contributed by atoms with Crippen molar-refractivity contribution in [1.29, 1.82) is 5.26 Å². The Kier molecular flexibility index (Phi) is 5.12. The minimum absolute atomic E-state index is 0.00296. The van der Waals surface area contributed by atoms with Crippen LogP contribution in [-0.4, -0.2) is 30.5 Å². The van der Waals surface area contributed by atoms with E-state index in [9.17, 15) is 10.1 Å². The van der Waals surface area contributed by atoms with Gasteiger partial charge < -0.3 is 9.64 Å². The SMILES string of the molecule is CC(=O)c1ccc(C#N)cc1N1CCOC(c2nc(C(C)(C)C)cs2)C1. The largest absolute Gasteiger partial charge is 0.367 e. The number of rotatable bonds is 3. The van der Waals surface area contributed by atoms with Crippen molar-refractivity contribution in [3.63, 3.8) is 0 Å². The van der Waals surface area contributed by atoms with Gasteiger partial charge in [0.2, 0.25) is 0 Å². The molecule has 2 heterocycles. The molecule has 0 aliphatic carbocycles. The molecule has 1 saturated heterocycles. The van der Waals surface area contributed by atoms with Gasteiger partial charge >= 0.3 is 0 Å². The van der Waals surface area contributed by atoms with Gasteiger partial charge in [-0.05, 0) is 25.1 Å². The summed E-state index contributed by atoms with van der Waals surface area (Å²) in [6.45, 7) is 9.85. The van der Waals surface area contributed by atoms with Gasteiger partial charge in [0.1, 0.15) is 11.1 Å². The van der Waals surface area contributed by atoms with Crippen LogP contribution in [0.15, 0.2) is 23.6 Å². The molecule has 1 fully saturated rings. The van der Waals surface area contributed by atoms with Gasteiger partial charge in [0.05, 0.1) is 30.5 Å². The van der Waals surface area contributed by atoms with E-state index in [4.69, 9.17) is 9.72 Å². The highest BCUT2D eigenvalue weighted by Gasteiger charge is 2.28. The van der Waals surface area contributed by atoms with Crippen molar-refractivity contribution in [3.05, 3.63) is 45.4 Å². The Balaban J connectivity index is 1.88. The van der Waals surface area contributed by atoms with Crippen molar-refractivity contribution >= 4 is 22.8 Å². The minimum Gasteiger partial charge on any atom is -0.367 e. The summed E-state index contributed by atoms with van der Waals surface area (Å²) in [5, 5.41) is 12.3. The standard InChI is InChI=1S/C20H23N3O2S/c1-13(24)15-6-5-14(10-21)9-16(15)23-7-8-25-17(11-23)19-22-18(12-26-19)20(2,3)4/h5-6,9,12,17H,7-8,11H2,1-4H3. The van der Waals surface area contributed by atoms with E-state index in [0.29, 0.717) is 30.8 Å². The van der Waals surface area contributed by atoms with Crippen LogP contribution in [0.25, 0.3) is 0 Å². The summed E-state index contributed by atoms with van der Waals surface area (Å²) in [5.74, 6) is -0.00296. The molecular formula is C20H23N3O2S. The van der Waals surface area contributed by atoms with E-state index in [0.717, 1.165) is 16.4 Å². The third-order valence-corrected chi connectivity index (χ3v) is 5.42. The highest BCUT2D eigenvalue weighted by atomic mass is 32.1. The summed E-state index contributed by atoms with van der Waals surface area (Å²) in [7, 11) is 0. The number of hydrogen-bond donors (Lipinski definition) is 0. The predicted molar refractivity (Wildman–Crippen MR) is 103 cm³/mol. The van der Waals surface area contributed by atoms with E-state index < -0.39 is 0 Å². The van der Waals surface area contributed by atoms with Crippen LogP contribution in [0, 0.1) is 11.3 Å². The van der Waals surface area contributed by atoms with Gasteiger partial charge in [-0.2, -0.15) is 5.26 Å². The van der Waals surface area contributed by atoms with Gasteiger partial charge in [0.15, 0.2) is 5.78 Å². The molecule has 1 atom stereocenters. The second-order valence-corrected chi connectivity index (χ2v) is 8.42. The molecule has 0 bridgehead atoms. The maximum atomic E-state index is 12.0. The fraction of sp³-hybridized carbons (Fsp3) is 0.450. The van der Waals surface area contributed by atoms with Gasteiger partial charge in [0, 0.05) is 28.6 Å². The average Bonchev–Trinajstić information content (AvgIpc) is 3.12. The van der Waals surface area contributed by atoms with E-state index in [1.54, 1.807) is 36.5 Å². The fourth-order valence-electron chi connectivity index (χ4n) is 2.96. The predicted octanol–water partition coefficient (Wildman–Crippen LogP) is 4.09. The molecule has 1 aromatic carbocycles. The lowest BCUT2D eigenvalue weighted by Crippen LogP contribution is -2.39. The summed E-state index contributed by atoms with van der Waals surface area (Å²) >= 11 is 1.62. The summed E-state index contributed by atoms with van der Waals surface area (Å²) < 4.78 is 5.95. The zero-order valence-electron chi connectivity index (χ0n) is 15.6. The number of Topliss-reactive ketones (excluding diaryl/α,β-unsaturated/α-hetero) is 1. The highest BCUT2D eigenvalue weighted by molar-refractivity contribution is 7.09. The number of carbonyl (C=O) groups is 1. The summed E-state index contributed by atoms with van der Waals surface area (Å²) in [6, 6.07) is 7.38. The molecule has 6 heteroatoms. The van der Waals surface area contributed by atoms with Crippen LogP contribution < -0.4 is 4.90 Å². The summed E-state index contributed by atoms with van der Waals surface area (Å²) in [5.41, 5.74) is 3.06. The third-order valence-electron chi connectivity index (χ3n) is 4.48. The number of nitrogens with zero attached hydrogens (tertiary/aromatic N) is 3. The van der Waals surface area contributed by atoms with Crippen molar-refractivity contribution in [2.75, 3.05) is 24.6 Å². The molecule has 1 aliphatic rings. The van der Waals surface area contributed by atoms with Crippen molar-refractivity contribution in [3.8, 4) is 6.07 Å². The van der Waals surface area contributed by atoms with Crippen molar-refractivity contribution < 1.29 is 9.53 Å². The lowest BCUT2D eigenvalue weighted by atomic mass is 9.93. The van der Waals surface area contributed by atoms with Crippen LogP contribution in [0.1, 0.15) is 60.4 Å². The van der Waals surface area contributed by atoms with Gasteiger partial charge in [0.25, 0.3) is 0 Å². The second-order valence-electron chi connectivity index (χ2n) is 7.53. The molecule has 0 radical (unpaired) electrons. The highest BCUT2D eigenvalue weighted by Crippen LogP contribution is 2.33. The molecule has 1 unspecified atom stereocenters. The monoisotopic (exact) mass is 369 g/mol. The molecular weight excluding hydrogens is 346 g/mol. The van der Waals surface area contributed by atoms with Crippen molar-refractivity contribution in [2.24, 2.45) is 0 Å². The number of thiazole rings is 1. The Morgan fingerprint density at radius 3 is 2.81 bits per heavy atom. The topological polar surface area (TPSA) is 66.2 Å². The molecule has 1 aliphatic heterocycles. The molecule has 136 valence electrons. The molecule has 3 rings (SSSR count). The zero-order chi connectivity index (χ0) is 18.9. The first-order valence-electron chi connectivity index (χ1n) is 8.67. The van der Waals surface area contributed by atoms with Crippen molar-refractivity contribution in [2.45, 2.75) is 39.2 Å². The Morgan fingerprint density at radius 1 is 1.42 bits per heavy atom. The van der Waals surface area contributed by atoms with Crippen LogP contribution in [-0.2, 0) is 10.2 Å².